The topological polar surface area (TPSA) is 87.6 Å². The van der Waals surface area contributed by atoms with Gasteiger partial charge in [-0.1, -0.05) is 24.6 Å². The number of aryl methyl sites for hydroxylation is 1. The van der Waals surface area contributed by atoms with Crippen molar-refractivity contribution in [1.82, 2.24) is 0 Å². The molecule has 0 saturated heterocycles. The average Bonchev–Trinajstić information content (AvgIpc) is 2.90. The molecule has 1 fully saturated rings. The van der Waals surface area contributed by atoms with Crippen molar-refractivity contribution in [3.63, 3.8) is 0 Å². The van der Waals surface area contributed by atoms with E-state index >= 15 is 0 Å². The Balaban J connectivity index is 1.33. The zero-order valence-corrected chi connectivity index (χ0v) is 23.1. The molecule has 41 heavy (non-hydrogen) atoms. The molecule has 5 nitrogen and oxygen atoms in total. The van der Waals surface area contributed by atoms with Gasteiger partial charge < -0.3 is 20.9 Å². The third-order valence-corrected chi connectivity index (χ3v) is 7.45. The Kier molecular flexibility index (Phi) is 11.8. The molecule has 0 amide bonds. The molecule has 0 atom stereocenters. The van der Waals surface area contributed by atoms with Gasteiger partial charge in [0, 0.05) is 23.9 Å². The minimum Gasteiger partial charge on any atom is -0.463 e. The van der Waals surface area contributed by atoms with Crippen LogP contribution in [0.4, 0.5) is 33.3 Å². The van der Waals surface area contributed by atoms with Crippen molar-refractivity contribution >= 4 is 23.4 Å². The van der Waals surface area contributed by atoms with Gasteiger partial charge in [-0.05, 0) is 105 Å². The number of nitrogen functional groups attached to an aromatic ring is 2. The standard InChI is InChI=1S/C31H39F5N2O3/c32-30(33,34)19-4-5-22-7-13-25(14-8-22)31(35,36)41-27-16-9-23(10-17-27)11-18-29(39)40-20-3-1-2-6-24-12-15-26(37)21-28(24)38/h9-12,15-18,21-22,25H,1-8,13-14,19-20,37-38H2/b18-11+. The number of halogens is 5. The Bertz CT molecular complexity index is 1130. The zero-order valence-electron chi connectivity index (χ0n) is 23.1. The molecule has 226 valence electrons. The van der Waals surface area contributed by atoms with Gasteiger partial charge in [0.25, 0.3) is 0 Å². The van der Waals surface area contributed by atoms with E-state index in [0.717, 1.165) is 24.8 Å². The van der Waals surface area contributed by atoms with E-state index in [2.05, 4.69) is 0 Å². The lowest BCUT2D eigenvalue weighted by molar-refractivity contribution is -0.223. The van der Waals surface area contributed by atoms with E-state index in [1.54, 1.807) is 18.2 Å². The largest absolute Gasteiger partial charge is 0.463 e. The van der Waals surface area contributed by atoms with E-state index in [4.69, 9.17) is 20.9 Å². The fourth-order valence-electron chi connectivity index (χ4n) is 5.09. The molecule has 0 aromatic heterocycles. The van der Waals surface area contributed by atoms with E-state index in [-0.39, 0.29) is 37.5 Å². The molecule has 4 N–H and O–H groups in total. The highest BCUT2D eigenvalue weighted by Crippen LogP contribution is 2.41. The highest BCUT2D eigenvalue weighted by atomic mass is 19.4. The van der Waals surface area contributed by atoms with E-state index in [1.807, 2.05) is 12.1 Å². The highest BCUT2D eigenvalue weighted by molar-refractivity contribution is 5.87. The predicted octanol–water partition coefficient (Wildman–Crippen LogP) is 8.33. The summed E-state index contributed by atoms with van der Waals surface area (Å²) in [7, 11) is 0. The van der Waals surface area contributed by atoms with Gasteiger partial charge in [0.05, 0.1) is 12.5 Å². The van der Waals surface area contributed by atoms with Crippen LogP contribution in [0.5, 0.6) is 5.75 Å². The number of hydrogen-bond acceptors (Lipinski definition) is 5. The lowest BCUT2D eigenvalue weighted by Gasteiger charge is -2.33. The summed E-state index contributed by atoms with van der Waals surface area (Å²) < 4.78 is 76.7. The number of unbranched alkanes of at least 4 members (excludes halogenated alkanes) is 2. The average molecular weight is 583 g/mol. The summed E-state index contributed by atoms with van der Waals surface area (Å²) in [4.78, 5) is 12.0. The van der Waals surface area contributed by atoms with Gasteiger partial charge in [-0.2, -0.15) is 22.0 Å². The van der Waals surface area contributed by atoms with Crippen molar-refractivity contribution in [1.29, 1.82) is 0 Å². The van der Waals surface area contributed by atoms with Gasteiger partial charge in [-0.25, -0.2) is 4.79 Å². The summed E-state index contributed by atoms with van der Waals surface area (Å²) in [6, 6.07) is 11.4. The van der Waals surface area contributed by atoms with E-state index in [0.29, 0.717) is 42.6 Å². The molecule has 0 bridgehead atoms. The molecule has 1 saturated carbocycles. The normalized spacial score (nSPS) is 18.0. The number of ether oxygens (including phenoxy) is 2. The molecule has 1 aliphatic rings. The van der Waals surface area contributed by atoms with Crippen molar-refractivity contribution in [3.05, 3.63) is 59.7 Å². The first-order chi connectivity index (χ1) is 19.4. The number of rotatable bonds is 14. The van der Waals surface area contributed by atoms with Crippen LogP contribution in [0.1, 0.15) is 75.3 Å². The quantitative estimate of drug-likeness (QED) is 0.0769. The predicted molar refractivity (Wildman–Crippen MR) is 150 cm³/mol. The summed E-state index contributed by atoms with van der Waals surface area (Å²) in [5.74, 6) is -1.43. The Morgan fingerprint density at radius 1 is 0.902 bits per heavy atom. The Morgan fingerprint density at radius 3 is 2.27 bits per heavy atom. The van der Waals surface area contributed by atoms with Crippen LogP contribution in [-0.2, 0) is 16.0 Å². The number of nitrogens with two attached hydrogens (primary N) is 2. The number of alkyl halides is 5. The van der Waals surface area contributed by atoms with Crippen molar-refractivity contribution in [3.8, 4) is 5.75 Å². The van der Waals surface area contributed by atoms with Gasteiger partial charge in [0.2, 0.25) is 0 Å². The van der Waals surface area contributed by atoms with E-state index in [1.165, 1.54) is 24.3 Å². The van der Waals surface area contributed by atoms with Crippen LogP contribution in [-0.4, -0.2) is 24.9 Å². The smallest absolute Gasteiger partial charge is 0.400 e. The minimum absolute atomic E-state index is 0.00255. The fraction of sp³-hybridized carbons (Fsp3) is 0.516. The minimum atomic E-state index is -4.18. The molecular formula is C31H39F5N2O3. The Morgan fingerprint density at radius 2 is 1.61 bits per heavy atom. The van der Waals surface area contributed by atoms with Gasteiger partial charge in [0.1, 0.15) is 5.75 Å². The maximum atomic E-state index is 14.7. The van der Waals surface area contributed by atoms with Crippen molar-refractivity contribution in [2.45, 2.75) is 82.9 Å². The van der Waals surface area contributed by atoms with Crippen LogP contribution in [0.3, 0.4) is 0 Å². The first kappa shape index (κ1) is 32.2. The summed E-state index contributed by atoms with van der Waals surface area (Å²) >= 11 is 0. The van der Waals surface area contributed by atoms with Gasteiger partial charge >= 0.3 is 18.3 Å². The van der Waals surface area contributed by atoms with Crippen LogP contribution >= 0.6 is 0 Å². The van der Waals surface area contributed by atoms with Crippen molar-refractivity contribution in [2.24, 2.45) is 11.8 Å². The summed E-state index contributed by atoms with van der Waals surface area (Å²) in [5.41, 5.74) is 14.6. The molecule has 0 unspecified atom stereocenters. The van der Waals surface area contributed by atoms with Crippen molar-refractivity contribution < 1.29 is 36.2 Å². The molecule has 2 aromatic rings. The summed E-state index contributed by atoms with van der Waals surface area (Å²) in [5, 5.41) is 0. The van der Waals surface area contributed by atoms with Crippen LogP contribution in [0.15, 0.2) is 48.5 Å². The lowest BCUT2D eigenvalue weighted by atomic mass is 9.79. The second-order valence-electron chi connectivity index (χ2n) is 10.7. The first-order valence-electron chi connectivity index (χ1n) is 14.1. The number of carbonyl (C=O) groups excluding carboxylic acids is 1. The molecular weight excluding hydrogens is 543 g/mol. The molecule has 0 spiro atoms. The summed E-state index contributed by atoms with van der Waals surface area (Å²) in [6.07, 6.45) is -0.443. The summed E-state index contributed by atoms with van der Waals surface area (Å²) in [6.45, 7) is 0.289. The Hall–Kier alpha value is -3.30. The monoisotopic (exact) mass is 582 g/mol. The molecule has 3 rings (SSSR count). The van der Waals surface area contributed by atoms with Crippen LogP contribution < -0.4 is 16.2 Å². The van der Waals surface area contributed by atoms with Gasteiger partial charge in [0.15, 0.2) is 0 Å². The molecule has 10 heteroatoms. The maximum Gasteiger partial charge on any atom is 0.400 e. The second kappa shape index (κ2) is 15.1. The van der Waals surface area contributed by atoms with Gasteiger partial charge in [-0.3, -0.25) is 0 Å². The number of benzene rings is 2. The van der Waals surface area contributed by atoms with Crippen LogP contribution in [0.25, 0.3) is 6.08 Å². The van der Waals surface area contributed by atoms with Crippen LogP contribution in [0.2, 0.25) is 0 Å². The SMILES string of the molecule is Nc1ccc(CCCCCOC(=O)/C=C/c2ccc(OC(F)(F)C3CCC(CCCC(F)(F)F)CC3)cc2)c(N)c1. The third kappa shape index (κ3) is 11.6. The number of anilines is 2. The number of carbonyl (C=O) groups is 1. The maximum absolute atomic E-state index is 14.7. The number of esters is 1. The van der Waals surface area contributed by atoms with E-state index in [9.17, 15) is 26.7 Å². The lowest BCUT2D eigenvalue weighted by Crippen LogP contribution is -2.37. The second-order valence-corrected chi connectivity index (χ2v) is 10.7. The van der Waals surface area contributed by atoms with Gasteiger partial charge in [-0.15, -0.1) is 0 Å². The van der Waals surface area contributed by atoms with Crippen LogP contribution in [0, 0.1) is 11.8 Å². The third-order valence-electron chi connectivity index (χ3n) is 7.45. The molecule has 2 aromatic carbocycles. The molecule has 1 aliphatic carbocycles. The highest BCUT2D eigenvalue weighted by Gasteiger charge is 2.44. The molecule has 0 aliphatic heterocycles. The van der Waals surface area contributed by atoms with Crippen molar-refractivity contribution in [2.75, 3.05) is 18.1 Å². The number of hydrogen-bond donors (Lipinski definition) is 2. The fourth-order valence-corrected chi connectivity index (χ4v) is 5.09. The molecule has 0 heterocycles. The zero-order chi connectivity index (χ0) is 29.9. The molecule has 0 radical (unpaired) electrons. The first-order valence-corrected chi connectivity index (χ1v) is 14.1. The van der Waals surface area contributed by atoms with E-state index < -0.39 is 30.6 Å². The Labute approximate surface area is 238 Å².